The van der Waals surface area contributed by atoms with Crippen LogP contribution in [0.25, 0.3) is 0 Å². The van der Waals surface area contributed by atoms with E-state index < -0.39 is 0 Å². The lowest BCUT2D eigenvalue weighted by Crippen LogP contribution is -2.38. The lowest BCUT2D eigenvalue weighted by molar-refractivity contribution is 0.108. The second-order valence-corrected chi connectivity index (χ2v) is 7.10. The van der Waals surface area contributed by atoms with E-state index in [1.807, 2.05) is 0 Å². The minimum absolute atomic E-state index is 0.504. The fourth-order valence-electron chi connectivity index (χ4n) is 2.86. The molecule has 1 saturated heterocycles. The first-order valence-electron chi connectivity index (χ1n) is 8.41. The summed E-state index contributed by atoms with van der Waals surface area (Å²) in [6.45, 7) is 13.4. The molecule has 0 unspecified atom stereocenters. The Morgan fingerprint density at radius 2 is 1.90 bits per heavy atom. The monoisotopic (exact) mass is 289 g/mol. The summed E-state index contributed by atoms with van der Waals surface area (Å²) >= 11 is 0. The van der Waals surface area contributed by atoms with Crippen LogP contribution in [0.1, 0.15) is 58.3 Å². The molecule has 2 heterocycles. The molecule has 0 bridgehead atoms. The van der Waals surface area contributed by atoms with Crippen LogP contribution in [0.5, 0.6) is 0 Å². The fraction of sp³-hybridized carbons (Fsp3) is 0.722. The average Bonchev–Trinajstić information content (AvgIpc) is 2.48. The molecule has 1 aromatic rings. The highest BCUT2D eigenvalue weighted by atomic mass is 15.1. The highest BCUT2D eigenvalue weighted by Crippen LogP contribution is 2.34. The van der Waals surface area contributed by atoms with Gasteiger partial charge in [-0.3, -0.25) is 9.88 Å². The third kappa shape index (κ3) is 5.08. The molecule has 3 nitrogen and oxygen atoms in total. The van der Waals surface area contributed by atoms with Gasteiger partial charge in [-0.2, -0.15) is 0 Å². The molecular formula is C18H31N3. The third-order valence-corrected chi connectivity index (χ3v) is 4.86. The Labute approximate surface area is 130 Å². The molecule has 21 heavy (non-hydrogen) atoms. The van der Waals surface area contributed by atoms with Crippen molar-refractivity contribution in [2.24, 2.45) is 5.41 Å². The SMILES string of the molecule is CCC1(C)CCN(Cc2cccc(CNC(C)C)n2)CC1. The first-order chi connectivity index (χ1) is 10.0. The topological polar surface area (TPSA) is 28.2 Å². The van der Waals surface area contributed by atoms with Gasteiger partial charge in [0.25, 0.3) is 0 Å². The zero-order chi connectivity index (χ0) is 15.3. The van der Waals surface area contributed by atoms with Crippen LogP contribution in [-0.4, -0.2) is 29.0 Å². The van der Waals surface area contributed by atoms with Crippen molar-refractivity contribution in [2.75, 3.05) is 13.1 Å². The summed E-state index contributed by atoms with van der Waals surface area (Å²) in [5.41, 5.74) is 2.92. The van der Waals surface area contributed by atoms with E-state index in [2.05, 4.69) is 56.1 Å². The molecular weight excluding hydrogens is 258 g/mol. The summed E-state index contributed by atoms with van der Waals surface area (Å²) in [6, 6.07) is 6.92. The maximum atomic E-state index is 4.79. The van der Waals surface area contributed by atoms with E-state index in [1.165, 1.54) is 38.0 Å². The van der Waals surface area contributed by atoms with Gasteiger partial charge >= 0.3 is 0 Å². The van der Waals surface area contributed by atoms with Gasteiger partial charge < -0.3 is 5.32 Å². The van der Waals surface area contributed by atoms with E-state index in [1.54, 1.807) is 0 Å². The smallest absolute Gasteiger partial charge is 0.0547 e. The number of hydrogen-bond acceptors (Lipinski definition) is 3. The molecule has 1 N–H and O–H groups in total. The van der Waals surface area contributed by atoms with Crippen LogP contribution in [-0.2, 0) is 13.1 Å². The van der Waals surface area contributed by atoms with Crippen molar-refractivity contribution in [1.29, 1.82) is 0 Å². The number of rotatable bonds is 6. The zero-order valence-electron chi connectivity index (χ0n) is 14.2. The number of pyridine rings is 1. The van der Waals surface area contributed by atoms with Crippen LogP contribution in [0.2, 0.25) is 0 Å². The van der Waals surface area contributed by atoms with Crippen LogP contribution in [0.4, 0.5) is 0 Å². The highest BCUT2D eigenvalue weighted by molar-refractivity contribution is 5.11. The predicted molar refractivity (Wildman–Crippen MR) is 89.1 cm³/mol. The normalized spacial score (nSPS) is 19.1. The van der Waals surface area contributed by atoms with Crippen molar-refractivity contribution in [3.8, 4) is 0 Å². The number of nitrogens with zero attached hydrogens (tertiary/aromatic N) is 2. The van der Waals surface area contributed by atoms with Gasteiger partial charge in [-0.1, -0.05) is 40.2 Å². The Morgan fingerprint density at radius 1 is 1.24 bits per heavy atom. The van der Waals surface area contributed by atoms with Gasteiger partial charge in [0.05, 0.1) is 11.4 Å². The molecule has 1 aliphatic heterocycles. The van der Waals surface area contributed by atoms with E-state index in [-0.39, 0.29) is 0 Å². The van der Waals surface area contributed by atoms with Crippen LogP contribution in [0.15, 0.2) is 18.2 Å². The Balaban J connectivity index is 1.87. The summed E-state index contributed by atoms with van der Waals surface area (Å²) in [4.78, 5) is 7.35. The van der Waals surface area contributed by atoms with Gasteiger partial charge in [-0.15, -0.1) is 0 Å². The van der Waals surface area contributed by atoms with Gasteiger partial charge in [0.15, 0.2) is 0 Å². The molecule has 0 amide bonds. The summed E-state index contributed by atoms with van der Waals surface area (Å²) < 4.78 is 0. The second-order valence-electron chi connectivity index (χ2n) is 7.10. The molecule has 0 atom stereocenters. The number of nitrogens with one attached hydrogen (secondary N) is 1. The summed E-state index contributed by atoms with van der Waals surface area (Å²) in [5, 5.41) is 3.43. The molecule has 0 spiro atoms. The van der Waals surface area contributed by atoms with E-state index in [4.69, 9.17) is 4.98 Å². The minimum Gasteiger partial charge on any atom is -0.309 e. The predicted octanol–water partition coefficient (Wildman–Crippen LogP) is 3.59. The Bertz CT molecular complexity index is 434. The quantitative estimate of drug-likeness (QED) is 0.867. The molecule has 0 aromatic carbocycles. The van der Waals surface area contributed by atoms with Crippen LogP contribution in [0, 0.1) is 5.41 Å². The van der Waals surface area contributed by atoms with Crippen LogP contribution >= 0.6 is 0 Å². The lowest BCUT2D eigenvalue weighted by Gasteiger charge is -2.38. The molecule has 1 fully saturated rings. The maximum absolute atomic E-state index is 4.79. The van der Waals surface area contributed by atoms with Crippen molar-refractivity contribution in [3.05, 3.63) is 29.6 Å². The first-order valence-corrected chi connectivity index (χ1v) is 8.41. The van der Waals surface area contributed by atoms with Gasteiger partial charge in [0.1, 0.15) is 0 Å². The number of aromatic nitrogens is 1. The molecule has 118 valence electrons. The number of hydrogen-bond donors (Lipinski definition) is 1. The highest BCUT2D eigenvalue weighted by Gasteiger charge is 2.28. The summed E-state index contributed by atoms with van der Waals surface area (Å²) in [7, 11) is 0. The van der Waals surface area contributed by atoms with E-state index in [9.17, 15) is 0 Å². The fourth-order valence-corrected chi connectivity index (χ4v) is 2.86. The maximum Gasteiger partial charge on any atom is 0.0547 e. The lowest BCUT2D eigenvalue weighted by atomic mass is 9.78. The molecule has 1 aromatic heterocycles. The van der Waals surface area contributed by atoms with Crippen molar-refractivity contribution in [1.82, 2.24) is 15.2 Å². The number of piperidine rings is 1. The van der Waals surface area contributed by atoms with E-state index in [0.717, 1.165) is 18.8 Å². The second kappa shape index (κ2) is 7.37. The molecule has 0 aliphatic carbocycles. The molecule has 2 rings (SSSR count). The van der Waals surface area contributed by atoms with Crippen LogP contribution in [0.3, 0.4) is 0 Å². The average molecular weight is 289 g/mol. The molecule has 0 radical (unpaired) electrons. The Kier molecular flexibility index (Phi) is 5.77. The van der Waals surface area contributed by atoms with Gasteiger partial charge in [-0.05, 0) is 43.5 Å². The largest absolute Gasteiger partial charge is 0.309 e. The first kappa shape index (κ1) is 16.4. The summed E-state index contributed by atoms with van der Waals surface area (Å²) in [6.07, 6.45) is 3.94. The van der Waals surface area contributed by atoms with E-state index in [0.29, 0.717) is 11.5 Å². The van der Waals surface area contributed by atoms with Gasteiger partial charge in [-0.25, -0.2) is 0 Å². The molecule has 3 heteroatoms. The van der Waals surface area contributed by atoms with Crippen molar-refractivity contribution in [3.63, 3.8) is 0 Å². The van der Waals surface area contributed by atoms with Gasteiger partial charge in [0.2, 0.25) is 0 Å². The zero-order valence-corrected chi connectivity index (χ0v) is 14.2. The minimum atomic E-state index is 0.504. The van der Waals surface area contributed by atoms with Crippen LogP contribution < -0.4 is 5.32 Å². The third-order valence-electron chi connectivity index (χ3n) is 4.86. The molecule has 0 saturated carbocycles. The Hall–Kier alpha value is -0.930. The van der Waals surface area contributed by atoms with E-state index >= 15 is 0 Å². The number of likely N-dealkylation sites (tertiary alicyclic amines) is 1. The van der Waals surface area contributed by atoms with Crippen molar-refractivity contribution in [2.45, 2.75) is 66.1 Å². The summed E-state index contributed by atoms with van der Waals surface area (Å²) in [5.74, 6) is 0. The standard InChI is InChI=1S/C18H31N3/c1-5-18(4)9-11-21(12-10-18)14-17-8-6-7-16(20-17)13-19-15(2)3/h6-8,15,19H,5,9-14H2,1-4H3. The van der Waals surface area contributed by atoms with Crippen molar-refractivity contribution >= 4 is 0 Å². The van der Waals surface area contributed by atoms with Crippen molar-refractivity contribution < 1.29 is 0 Å². The Morgan fingerprint density at radius 3 is 2.52 bits per heavy atom. The molecule has 1 aliphatic rings. The van der Waals surface area contributed by atoms with Gasteiger partial charge in [0, 0.05) is 19.1 Å².